The molecule has 2 aromatic rings. The van der Waals surface area contributed by atoms with Gasteiger partial charge in [-0.3, -0.25) is 4.79 Å². The van der Waals surface area contributed by atoms with Gasteiger partial charge in [0, 0.05) is 17.3 Å². The summed E-state index contributed by atoms with van der Waals surface area (Å²) in [6.45, 7) is 0. The minimum absolute atomic E-state index is 0.0754. The van der Waals surface area contributed by atoms with E-state index in [1.807, 2.05) is 0 Å². The van der Waals surface area contributed by atoms with Crippen molar-refractivity contribution in [2.24, 2.45) is 0 Å². The standard InChI is InChI=1S/C15H12F3N3O/c16-15(17,18)10-2-1-3-11(6-10)21-14(22)13-7-12(9-4-5-9)19-8-20-13/h1-3,6-9H,4-5H2,(H,21,22). The maximum absolute atomic E-state index is 12.6. The lowest BCUT2D eigenvalue weighted by Crippen LogP contribution is -2.15. The van der Waals surface area contributed by atoms with E-state index in [1.165, 1.54) is 18.5 Å². The largest absolute Gasteiger partial charge is 0.416 e. The van der Waals surface area contributed by atoms with E-state index in [4.69, 9.17) is 0 Å². The topological polar surface area (TPSA) is 54.9 Å². The summed E-state index contributed by atoms with van der Waals surface area (Å²) in [5, 5.41) is 2.43. The van der Waals surface area contributed by atoms with E-state index in [0.717, 1.165) is 30.7 Å². The normalized spacial score (nSPS) is 14.7. The van der Waals surface area contributed by atoms with E-state index < -0.39 is 17.6 Å². The van der Waals surface area contributed by atoms with Crippen molar-refractivity contribution in [2.45, 2.75) is 24.9 Å². The third kappa shape index (κ3) is 3.24. The monoisotopic (exact) mass is 307 g/mol. The molecule has 1 aliphatic carbocycles. The number of hydrogen-bond donors (Lipinski definition) is 1. The summed E-state index contributed by atoms with van der Waals surface area (Å²) in [5.74, 6) is -0.188. The lowest BCUT2D eigenvalue weighted by molar-refractivity contribution is -0.137. The maximum atomic E-state index is 12.6. The molecule has 1 aromatic heterocycles. The molecule has 0 atom stereocenters. The third-order valence-corrected chi connectivity index (χ3v) is 3.36. The van der Waals surface area contributed by atoms with Crippen molar-refractivity contribution in [1.82, 2.24) is 9.97 Å². The van der Waals surface area contributed by atoms with Gasteiger partial charge in [-0.25, -0.2) is 9.97 Å². The molecular weight excluding hydrogens is 295 g/mol. The fourth-order valence-corrected chi connectivity index (χ4v) is 2.07. The number of halogens is 3. The SMILES string of the molecule is O=C(Nc1cccc(C(F)(F)F)c1)c1cc(C2CC2)ncn1. The van der Waals surface area contributed by atoms with Crippen molar-refractivity contribution >= 4 is 11.6 Å². The molecule has 0 spiro atoms. The molecule has 1 fully saturated rings. The van der Waals surface area contributed by atoms with Crippen LogP contribution in [0.25, 0.3) is 0 Å². The number of carbonyl (C=O) groups is 1. The molecule has 4 nitrogen and oxygen atoms in total. The number of hydrogen-bond acceptors (Lipinski definition) is 3. The molecule has 0 bridgehead atoms. The molecule has 1 aromatic carbocycles. The van der Waals surface area contributed by atoms with Crippen LogP contribution >= 0.6 is 0 Å². The molecule has 0 saturated heterocycles. The Balaban J connectivity index is 1.78. The number of aromatic nitrogens is 2. The van der Waals surface area contributed by atoms with Gasteiger partial charge in [-0.05, 0) is 37.1 Å². The average molecular weight is 307 g/mol. The van der Waals surface area contributed by atoms with Crippen molar-refractivity contribution in [1.29, 1.82) is 0 Å². The number of benzene rings is 1. The molecule has 22 heavy (non-hydrogen) atoms. The highest BCUT2D eigenvalue weighted by molar-refractivity contribution is 6.02. The summed E-state index contributed by atoms with van der Waals surface area (Å²) in [7, 11) is 0. The summed E-state index contributed by atoms with van der Waals surface area (Å²) in [6, 6.07) is 6.07. The summed E-state index contributed by atoms with van der Waals surface area (Å²) in [5.41, 5.74) is 0.205. The van der Waals surface area contributed by atoms with Gasteiger partial charge in [0.05, 0.1) is 5.56 Å². The van der Waals surface area contributed by atoms with E-state index in [-0.39, 0.29) is 11.4 Å². The van der Waals surface area contributed by atoms with Crippen molar-refractivity contribution in [2.75, 3.05) is 5.32 Å². The molecule has 1 heterocycles. The highest BCUT2D eigenvalue weighted by Gasteiger charge is 2.30. The number of amides is 1. The molecule has 1 amide bonds. The fourth-order valence-electron chi connectivity index (χ4n) is 2.07. The lowest BCUT2D eigenvalue weighted by atomic mass is 10.2. The highest BCUT2D eigenvalue weighted by atomic mass is 19.4. The Kier molecular flexibility index (Phi) is 3.56. The second kappa shape index (κ2) is 5.40. The van der Waals surface area contributed by atoms with Gasteiger partial charge in [0.1, 0.15) is 12.0 Å². The molecule has 0 aliphatic heterocycles. The van der Waals surface area contributed by atoms with Crippen LogP contribution < -0.4 is 5.32 Å². The zero-order valence-corrected chi connectivity index (χ0v) is 11.4. The minimum Gasteiger partial charge on any atom is -0.321 e. The smallest absolute Gasteiger partial charge is 0.321 e. The lowest BCUT2D eigenvalue weighted by Gasteiger charge is -2.09. The van der Waals surface area contributed by atoms with Crippen LogP contribution in [0.3, 0.4) is 0 Å². The van der Waals surface area contributed by atoms with Crippen LogP contribution in [0.4, 0.5) is 18.9 Å². The van der Waals surface area contributed by atoms with Crippen molar-refractivity contribution in [3.63, 3.8) is 0 Å². The highest BCUT2D eigenvalue weighted by Crippen LogP contribution is 2.38. The predicted molar refractivity (Wildman–Crippen MR) is 73.4 cm³/mol. The van der Waals surface area contributed by atoms with Crippen LogP contribution in [0.1, 0.15) is 40.5 Å². The van der Waals surface area contributed by atoms with Crippen molar-refractivity contribution in [3.05, 3.63) is 53.6 Å². The molecule has 114 valence electrons. The van der Waals surface area contributed by atoms with Crippen LogP contribution in [0.15, 0.2) is 36.7 Å². The van der Waals surface area contributed by atoms with Gasteiger partial charge in [0.15, 0.2) is 0 Å². The molecule has 1 aliphatic rings. The van der Waals surface area contributed by atoms with Gasteiger partial charge in [-0.1, -0.05) is 6.07 Å². The number of anilines is 1. The van der Waals surface area contributed by atoms with Gasteiger partial charge in [-0.2, -0.15) is 13.2 Å². The van der Waals surface area contributed by atoms with E-state index in [9.17, 15) is 18.0 Å². The second-order valence-corrected chi connectivity index (χ2v) is 5.14. The number of rotatable bonds is 3. The van der Waals surface area contributed by atoms with E-state index >= 15 is 0 Å². The summed E-state index contributed by atoms with van der Waals surface area (Å²) < 4.78 is 37.9. The fraction of sp³-hybridized carbons (Fsp3) is 0.267. The van der Waals surface area contributed by atoms with Gasteiger partial charge in [-0.15, -0.1) is 0 Å². The first-order valence-electron chi connectivity index (χ1n) is 6.74. The summed E-state index contributed by atoms with van der Waals surface area (Å²) in [6.07, 6.45) is -1.08. The molecule has 1 saturated carbocycles. The Bertz CT molecular complexity index is 711. The first-order chi connectivity index (χ1) is 10.4. The Morgan fingerprint density at radius 2 is 1.95 bits per heavy atom. The zero-order valence-electron chi connectivity index (χ0n) is 11.4. The Morgan fingerprint density at radius 1 is 1.18 bits per heavy atom. The Morgan fingerprint density at radius 3 is 2.64 bits per heavy atom. The second-order valence-electron chi connectivity index (χ2n) is 5.14. The average Bonchev–Trinajstić information content (AvgIpc) is 3.31. The first-order valence-corrected chi connectivity index (χ1v) is 6.74. The Hall–Kier alpha value is -2.44. The van der Waals surface area contributed by atoms with E-state index in [0.29, 0.717) is 5.92 Å². The number of carbonyl (C=O) groups excluding carboxylic acids is 1. The maximum Gasteiger partial charge on any atom is 0.416 e. The van der Waals surface area contributed by atoms with Crippen molar-refractivity contribution < 1.29 is 18.0 Å². The number of nitrogens with one attached hydrogen (secondary N) is 1. The minimum atomic E-state index is -4.45. The van der Waals surface area contributed by atoms with Gasteiger partial charge in [0.25, 0.3) is 5.91 Å². The van der Waals surface area contributed by atoms with Crippen molar-refractivity contribution in [3.8, 4) is 0 Å². The summed E-state index contributed by atoms with van der Waals surface area (Å²) in [4.78, 5) is 20.1. The van der Waals surface area contributed by atoms with E-state index in [1.54, 1.807) is 6.07 Å². The van der Waals surface area contributed by atoms with Crippen LogP contribution in [0.2, 0.25) is 0 Å². The summed E-state index contributed by atoms with van der Waals surface area (Å²) >= 11 is 0. The molecule has 0 radical (unpaired) electrons. The van der Waals surface area contributed by atoms with Gasteiger partial charge >= 0.3 is 6.18 Å². The molecule has 0 unspecified atom stereocenters. The predicted octanol–water partition coefficient (Wildman–Crippen LogP) is 3.63. The number of nitrogens with zero attached hydrogens (tertiary/aromatic N) is 2. The molecule has 7 heteroatoms. The quantitative estimate of drug-likeness (QED) is 0.942. The van der Waals surface area contributed by atoms with Crippen LogP contribution in [0.5, 0.6) is 0 Å². The van der Waals surface area contributed by atoms with E-state index in [2.05, 4.69) is 15.3 Å². The van der Waals surface area contributed by atoms with Crippen LogP contribution in [-0.2, 0) is 6.18 Å². The third-order valence-electron chi connectivity index (χ3n) is 3.36. The first kappa shape index (κ1) is 14.5. The molecule has 1 N–H and O–H groups in total. The van der Waals surface area contributed by atoms with Crippen LogP contribution in [0, 0.1) is 0 Å². The molecular formula is C15H12F3N3O. The Labute approximate surface area is 124 Å². The molecule has 3 rings (SSSR count). The van der Waals surface area contributed by atoms with Gasteiger partial charge < -0.3 is 5.32 Å². The van der Waals surface area contributed by atoms with Crippen LogP contribution in [-0.4, -0.2) is 15.9 Å². The van der Waals surface area contributed by atoms with Gasteiger partial charge in [0.2, 0.25) is 0 Å². The number of alkyl halides is 3. The zero-order chi connectivity index (χ0) is 15.7.